The maximum Gasteiger partial charge on any atom is 0.271 e. The highest BCUT2D eigenvalue weighted by Crippen LogP contribution is 2.27. The van der Waals surface area contributed by atoms with Crippen molar-refractivity contribution in [3.05, 3.63) is 83.7 Å². The summed E-state index contributed by atoms with van der Waals surface area (Å²) < 4.78 is 12.5. The molecule has 3 aromatic rings. The molecule has 160 valence electrons. The molecule has 2 amide bonds. The highest BCUT2D eigenvalue weighted by atomic mass is 16.5. The van der Waals surface area contributed by atoms with E-state index >= 15 is 0 Å². The van der Waals surface area contributed by atoms with Gasteiger partial charge in [-0.05, 0) is 35.9 Å². The number of methoxy groups -OCH3 is 2. The second-order valence-corrected chi connectivity index (χ2v) is 7.40. The molecule has 1 aliphatic heterocycles. The van der Waals surface area contributed by atoms with Crippen molar-refractivity contribution in [1.82, 2.24) is 14.8 Å². The summed E-state index contributed by atoms with van der Waals surface area (Å²) in [6.45, 7) is 1.44. The maximum atomic E-state index is 13.1. The van der Waals surface area contributed by atoms with Crippen LogP contribution >= 0.6 is 0 Å². The third-order valence-corrected chi connectivity index (χ3v) is 5.50. The lowest BCUT2D eigenvalue weighted by Crippen LogP contribution is -2.52. The Morgan fingerprint density at radius 3 is 2.55 bits per heavy atom. The Labute approximate surface area is 181 Å². The van der Waals surface area contributed by atoms with Gasteiger partial charge in [0.25, 0.3) is 11.8 Å². The number of rotatable bonds is 7. The number of nitrogens with zero attached hydrogens (tertiary/aromatic N) is 2. The van der Waals surface area contributed by atoms with Crippen molar-refractivity contribution in [3.63, 3.8) is 0 Å². The third-order valence-electron chi connectivity index (χ3n) is 5.50. The van der Waals surface area contributed by atoms with Crippen LogP contribution in [0.15, 0.2) is 66.9 Å². The van der Waals surface area contributed by atoms with Crippen LogP contribution in [0.5, 0.6) is 11.5 Å². The predicted molar refractivity (Wildman–Crippen MR) is 116 cm³/mol. The first-order valence-electron chi connectivity index (χ1n) is 10.1. The molecule has 2 heterocycles. The van der Waals surface area contributed by atoms with Crippen LogP contribution in [0.25, 0.3) is 0 Å². The molecule has 0 spiro atoms. The topological polar surface area (TPSA) is 72.8 Å². The number of aromatic nitrogens is 1. The minimum absolute atomic E-state index is 0.0366. The molecule has 1 N–H and O–H groups in total. The van der Waals surface area contributed by atoms with E-state index in [0.29, 0.717) is 42.4 Å². The molecule has 7 nitrogen and oxygen atoms in total. The zero-order valence-corrected chi connectivity index (χ0v) is 17.6. The van der Waals surface area contributed by atoms with Gasteiger partial charge in [0.2, 0.25) is 0 Å². The van der Waals surface area contributed by atoms with Gasteiger partial charge in [-0.3, -0.25) is 9.59 Å². The Morgan fingerprint density at radius 1 is 1.03 bits per heavy atom. The minimum Gasteiger partial charge on any atom is -0.493 e. The molecule has 1 aromatic heterocycles. The molecule has 31 heavy (non-hydrogen) atoms. The van der Waals surface area contributed by atoms with Crippen molar-refractivity contribution in [2.75, 3.05) is 20.8 Å². The summed E-state index contributed by atoms with van der Waals surface area (Å²) in [5.41, 5.74) is 2.18. The van der Waals surface area contributed by atoms with Gasteiger partial charge in [-0.2, -0.15) is 0 Å². The Hall–Kier alpha value is -3.74. The number of carbonyl (C=O) groups excluding carboxylic acids is 2. The van der Waals surface area contributed by atoms with Crippen molar-refractivity contribution >= 4 is 11.8 Å². The largest absolute Gasteiger partial charge is 0.493 e. The summed E-state index contributed by atoms with van der Waals surface area (Å²) in [6, 6.07) is 18.4. The SMILES string of the molecule is COc1ccc(C(=O)NCC2Cn3cccc3C(=O)N2Cc2ccccc2)cc1OC. The van der Waals surface area contributed by atoms with Gasteiger partial charge >= 0.3 is 0 Å². The van der Waals surface area contributed by atoms with Crippen LogP contribution in [0.2, 0.25) is 0 Å². The van der Waals surface area contributed by atoms with Gasteiger partial charge in [0.15, 0.2) is 11.5 Å². The van der Waals surface area contributed by atoms with Crippen LogP contribution in [0, 0.1) is 0 Å². The fourth-order valence-corrected chi connectivity index (χ4v) is 3.85. The van der Waals surface area contributed by atoms with Crippen LogP contribution in [0.1, 0.15) is 26.4 Å². The monoisotopic (exact) mass is 419 g/mol. The fraction of sp³-hybridized carbons (Fsp3) is 0.250. The lowest BCUT2D eigenvalue weighted by atomic mass is 10.1. The molecule has 7 heteroatoms. The summed E-state index contributed by atoms with van der Waals surface area (Å²) in [4.78, 5) is 27.7. The van der Waals surface area contributed by atoms with E-state index in [-0.39, 0.29) is 17.9 Å². The molecular weight excluding hydrogens is 394 g/mol. The number of nitrogens with one attached hydrogen (secondary N) is 1. The van der Waals surface area contributed by atoms with Crippen molar-refractivity contribution in [1.29, 1.82) is 0 Å². The molecule has 0 fully saturated rings. The van der Waals surface area contributed by atoms with Gasteiger partial charge < -0.3 is 24.3 Å². The Bertz CT molecular complexity index is 1080. The number of benzene rings is 2. The molecule has 0 radical (unpaired) electrons. The van der Waals surface area contributed by atoms with E-state index in [1.807, 2.05) is 58.1 Å². The second kappa shape index (κ2) is 8.95. The summed E-state index contributed by atoms with van der Waals surface area (Å²) in [5, 5.41) is 2.97. The van der Waals surface area contributed by atoms with E-state index in [1.54, 1.807) is 25.3 Å². The number of amides is 2. The molecule has 0 bridgehead atoms. The first-order chi connectivity index (χ1) is 15.1. The van der Waals surface area contributed by atoms with Crippen LogP contribution in [-0.2, 0) is 13.1 Å². The number of fused-ring (bicyclic) bond motifs is 1. The molecule has 1 aliphatic rings. The van der Waals surface area contributed by atoms with E-state index in [9.17, 15) is 9.59 Å². The highest BCUT2D eigenvalue weighted by molar-refractivity contribution is 5.95. The van der Waals surface area contributed by atoms with Crippen molar-refractivity contribution in [3.8, 4) is 11.5 Å². The standard InChI is InChI=1S/C24H25N3O4/c1-30-21-11-10-18(13-22(21)31-2)23(28)25-14-19-16-26-12-6-9-20(26)24(29)27(19)15-17-7-4-3-5-8-17/h3-13,19H,14-16H2,1-2H3,(H,25,28). The lowest BCUT2D eigenvalue weighted by Gasteiger charge is -2.37. The van der Waals surface area contributed by atoms with Crippen LogP contribution < -0.4 is 14.8 Å². The summed E-state index contributed by atoms with van der Waals surface area (Å²) in [7, 11) is 3.08. The number of carbonyl (C=O) groups is 2. The Balaban J connectivity index is 1.51. The Morgan fingerprint density at radius 2 is 1.81 bits per heavy atom. The molecular formula is C24H25N3O4. The van der Waals surface area contributed by atoms with Crippen molar-refractivity contribution in [2.24, 2.45) is 0 Å². The molecule has 1 atom stereocenters. The molecule has 2 aromatic carbocycles. The third kappa shape index (κ3) is 4.26. The normalized spacial score (nSPS) is 15.4. The van der Waals surface area contributed by atoms with E-state index in [4.69, 9.17) is 9.47 Å². The van der Waals surface area contributed by atoms with Crippen LogP contribution in [0.3, 0.4) is 0 Å². The van der Waals surface area contributed by atoms with E-state index < -0.39 is 0 Å². The zero-order chi connectivity index (χ0) is 21.8. The number of ether oxygens (including phenoxy) is 2. The van der Waals surface area contributed by atoms with Crippen LogP contribution in [-0.4, -0.2) is 48.1 Å². The number of hydrogen-bond donors (Lipinski definition) is 1. The van der Waals surface area contributed by atoms with Gasteiger partial charge in [0.1, 0.15) is 5.69 Å². The summed E-state index contributed by atoms with van der Waals surface area (Å²) >= 11 is 0. The van der Waals surface area contributed by atoms with Crippen molar-refractivity contribution < 1.29 is 19.1 Å². The first-order valence-corrected chi connectivity index (χ1v) is 10.1. The molecule has 0 aliphatic carbocycles. The average molecular weight is 419 g/mol. The maximum absolute atomic E-state index is 13.1. The summed E-state index contributed by atoms with van der Waals surface area (Å²) in [5.74, 6) is 0.786. The Kier molecular flexibility index (Phi) is 5.93. The first kappa shape index (κ1) is 20.5. The molecule has 4 rings (SSSR count). The van der Waals surface area contributed by atoms with E-state index in [1.165, 1.54) is 7.11 Å². The van der Waals surface area contributed by atoms with Gasteiger partial charge in [-0.1, -0.05) is 30.3 Å². The molecule has 1 unspecified atom stereocenters. The van der Waals surface area contributed by atoms with E-state index in [0.717, 1.165) is 5.56 Å². The van der Waals surface area contributed by atoms with Gasteiger partial charge in [0.05, 0.1) is 20.3 Å². The highest BCUT2D eigenvalue weighted by Gasteiger charge is 2.32. The lowest BCUT2D eigenvalue weighted by molar-refractivity contribution is 0.0563. The molecule has 0 saturated carbocycles. The van der Waals surface area contributed by atoms with Gasteiger partial charge in [-0.25, -0.2) is 0 Å². The smallest absolute Gasteiger partial charge is 0.271 e. The average Bonchev–Trinajstić information content (AvgIpc) is 3.28. The van der Waals surface area contributed by atoms with Crippen LogP contribution in [0.4, 0.5) is 0 Å². The minimum atomic E-state index is -0.230. The second-order valence-electron chi connectivity index (χ2n) is 7.40. The fourth-order valence-electron chi connectivity index (χ4n) is 3.85. The molecule has 0 saturated heterocycles. The number of hydrogen-bond acceptors (Lipinski definition) is 4. The summed E-state index contributed by atoms with van der Waals surface area (Å²) in [6.07, 6.45) is 1.90. The quantitative estimate of drug-likeness (QED) is 0.639. The van der Waals surface area contributed by atoms with Gasteiger partial charge in [-0.15, -0.1) is 0 Å². The van der Waals surface area contributed by atoms with Crippen molar-refractivity contribution in [2.45, 2.75) is 19.1 Å². The van der Waals surface area contributed by atoms with Gasteiger partial charge in [0, 0.05) is 31.4 Å². The zero-order valence-electron chi connectivity index (χ0n) is 17.6. The predicted octanol–water partition coefficient (Wildman–Crippen LogP) is 2.96. The van der Waals surface area contributed by atoms with E-state index in [2.05, 4.69) is 5.32 Å².